The van der Waals surface area contributed by atoms with Crippen molar-refractivity contribution in [3.05, 3.63) is 39.9 Å². The van der Waals surface area contributed by atoms with E-state index in [0.717, 1.165) is 0 Å². The predicted molar refractivity (Wildman–Crippen MR) is 86.9 cm³/mol. The molecule has 0 heterocycles. The van der Waals surface area contributed by atoms with Crippen molar-refractivity contribution in [1.29, 1.82) is 0 Å². The van der Waals surface area contributed by atoms with Gasteiger partial charge in [0.05, 0.1) is 11.1 Å². The Morgan fingerprint density at radius 3 is 2.41 bits per heavy atom. The molecule has 0 N–H and O–H groups in total. The molecule has 120 valence electrons. The zero-order chi connectivity index (χ0) is 16.9. The molecule has 4 nitrogen and oxygen atoms in total. The first-order chi connectivity index (χ1) is 10.3. The lowest BCUT2D eigenvalue weighted by Crippen LogP contribution is -2.18. The second-order valence-electron chi connectivity index (χ2n) is 4.85. The molecule has 0 radical (unpaired) electrons. The number of Topliss-reactive ketones (excluding diaryl/α,β-unsaturated/α-hetero) is 1. The number of halogens is 2. The average Bonchev–Trinajstić information content (AvgIpc) is 2.46. The van der Waals surface area contributed by atoms with Crippen LogP contribution in [0.3, 0.4) is 0 Å². The molecule has 0 aliphatic carbocycles. The lowest BCUT2D eigenvalue weighted by molar-refractivity contribution is -0.149. The first-order valence-electron chi connectivity index (χ1n) is 6.80. The predicted octanol–water partition coefficient (Wildman–Crippen LogP) is 4.47. The van der Waals surface area contributed by atoms with Gasteiger partial charge in [0.25, 0.3) is 0 Å². The fourth-order valence-corrected chi connectivity index (χ4v) is 2.06. The summed E-state index contributed by atoms with van der Waals surface area (Å²) in [7, 11) is 0. The van der Waals surface area contributed by atoms with Gasteiger partial charge in [-0.2, -0.15) is 0 Å². The van der Waals surface area contributed by atoms with Crippen molar-refractivity contribution < 1.29 is 19.1 Å². The minimum Gasteiger partial charge on any atom is -0.480 e. The summed E-state index contributed by atoms with van der Waals surface area (Å²) in [5.41, 5.74) is 0.697. The Morgan fingerprint density at radius 2 is 1.86 bits per heavy atom. The Bertz CT molecular complexity index is 594. The third-order valence-corrected chi connectivity index (χ3v) is 3.62. The van der Waals surface area contributed by atoms with E-state index in [9.17, 15) is 9.59 Å². The Hall–Kier alpha value is -1.52. The number of ether oxygens (including phenoxy) is 2. The van der Waals surface area contributed by atoms with E-state index in [1.807, 2.05) is 6.92 Å². The number of carbonyl (C=O) groups is 2. The highest BCUT2D eigenvalue weighted by atomic mass is 35.5. The molecule has 0 saturated carbocycles. The van der Waals surface area contributed by atoms with Crippen LogP contribution >= 0.6 is 23.2 Å². The van der Waals surface area contributed by atoms with Crippen molar-refractivity contribution in [2.24, 2.45) is 0 Å². The molecule has 22 heavy (non-hydrogen) atoms. The van der Waals surface area contributed by atoms with Crippen LogP contribution in [0.1, 0.15) is 37.6 Å². The average molecular weight is 345 g/mol. The van der Waals surface area contributed by atoms with E-state index in [1.54, 1.807) is 13.8 Å². The van der Waals surface area contributed by atoms with Crippen molar-refractivity contribution in [2.75, 3.05) is 6.61 Å². The second-order valence-corrected chi connectivity index (χ2v) is 5.61. The molecule has 1 rings (SSSR count). The van der Waals surface area contributed by atoms with E-state index in [4.69, 9.17) is 32.7 Å². The molecule has 0 spiro atoms. The zero-order valence-corrected chi connectivity index (χ0v) is 14.3. The molecule has 0 fully saturated rings. The Labute approximate surface area is 140 Å². The van der Waals surface area contributed by atoms with Crippen LogP contribution in [0.5, 0.6) is 5.75 Å². The van der Waals surface area contributed by atoms with Crippen LogP contribution in [0.25, 0.3) is 0 Å². The molecule has 0 aromatic heterocycles. The van der Waals surface area contributed by atoms with Crippen LogP contribution in [-0.4, -0.2) is 24.5 Å². The van der Waals surface area contributed by atoms with Crippen LogP contribution in [-0.2, 0) is 9.53 Å². The molecule has 1 aromatic carbocycles. The largest absolute Gasteiger partial charge is 0.480 e. The number of ketones is 1. The molecular formula is C16H18Cl2O4. The summed E-state index contributed by atoms with van der Waals surface area (Å²) in [6, 6.07) is 2.99. The summed E-state index contributed by atoms with van der Waals surface area (Å²) in [6.45, 7) is 8.70. The van der Waals surface area contributed by atoms with Crippen molar-refractivity contribution in [2.45, 2.75) is 33.3 Å². The van der Waals surface area contributed by atoms with Crippen LogP contribution < -0.4 is 4.74 Å². The summed E-state index contributed by atoms with van der Waals surface area (Å²) in [6.07, 6.45) is 0.293. The molecule has 0 amide bonds. The van der Waals surface area contributed by atoms with Gasteiger partial charge in [-0.1, -0.05) is 36.7 Å². The fourth-order valence-electron chi connectivity index (χ4n) is 1.60. The monoisotopic (exact) mass is 344 g/mol. The van der Waals surface area contributed by atoms with Gasteiger partial charge in [-0.25, -0.2) is 4.79 Å². The first-order valence-corrected chi connectivity index (χ1v) is 7.56. The Balaban J connectivity index is 2.89. The minimum absolute atomic E-state index is 0.0776. The van der Waals surface area contributed by atoms with Crippen LogP contribution in [0.15, 0.2) is 24.3 Å². The highest BCUT2D eigenvalue weighted by molar-refractivity contribution is 6.45. The maximum atomic E-state index is 12.1. The second kappa shape index (κ2) is 8.20. The van der Waals surface area contributed by atoms with Gasteiger partial charge in [-0.15, -0.1) is 0 Å². The van der Waals surface area contributed by atoms with Gasteiger partial charge < -0.3 is 9.47 Å². The smallest absolute Gasteiger partial charge is 0.344 e. The number of hydrogen-bond acceptors (Lipinski definition) is 4. The normalized spacial score (nSPS) is 10.5. The van der Waals surface area contributed by atoms with Crippen molar-refractivity contribution in [3.8, 4) is 5.75 Å². The summed E-state index contributed by atoms with van der Waals surface area (Å²) in [4.78, 5) is 23.5. The van der Waals surface area contributed by atoms with E-state index in [-0.39, 0.29) is 39.9 Å². The van der Waals surface area contributed by atoms with E-state index >= 15 is 0 Å². The minimum atomic E-state index is -0.512. The number of esters is 1. The summed E-state index contributed by atoms with van der Waals surface area (Å²) < 4.78 is 10.2. The van der Waals surface area contributed by atoms with Gasteiger partial charge in [0.1, 0.15) is 10.8 Å². The standard InChI is InChI=1S/C16H18Cl2O4/c1-5-10(4)16(20)11-6-7-12(15(18)14(11)17)21-8-13(19)22-9(2)3/h6-7,9H,4-5,8H2,1-3H3. The SMILES string of the molecule is C=C(CC)C(=O)c1ccc(OCC(=O)OC(C)C)c(Cl)c1Cl. The van der Waals surface area contributed by atoms with Crippen LogP contribution in [0.4, 0.5) is 0 Å². The van der Waals surface area contributed by atoms with E-state index < -0.39 is 5.97 Å². The fraction of sp³-hybridized carbons (Fsp3) is 0.375. The van der Waals surface area contributed by atoms with Crippen molar-refractivity contribution in [1.82, 2.24) is 0 Å². The number of hydrogen-bond donors (Lipinski definition) is 0. The van der Waals surface area contributed by atoms with Crippen molar-refractivity contribution >= 4 is 35.0 Å². The summed E-state index contributed by atoms with van der Waals surface area (Å²) >= 11 is 12.2. The topological polar surface area (TPSA) is 52.6 Å². The number of rotatable bonds is 7. The molecule has 0 aliphatic heterocycles. The molecule has 0 aliphatic rings. The quantitative estimate of drug-likeness (QED) is 0.416. The van der Waals surface area contributed by atoms with E-state index in [0.29, 0.717) is 12.0 Å². The lowest BCUT2D eigenvalue weighted by atomic mass is 10.0. The molecule has 6 heteroatoms. The highest BCUT2D eigenvalue weighted by Gasteiger charge is 2.18. The van der Waals surface area contributed by atoms with Crippen molar-refractivity contribution in [3.63, 3.8) is 0 Å². The third kappa shape index (κ3) is 4.75. The van der Waals surface area contributed by atoms with Gasteiger partial charge in [0, 0.05) is 5.56 Å². The summed E-state index contributed by atoms with van der Waals surface area (Å²) in [5, 5.41) is 0.157. The Kier molecular flexibility index (Phi) is 6.91. The van der Waals surface area contributed by atoms with E-state index in [1.165, 1.54) is 12.1 Å². The highest BCUT2D eigenvalue weighted by Crippen LogP contribution is 2.35. The molecule has 0 atom stereocenters. The molecule has 1 aromatic rings. The molecule has 0 saturated heterocycles. The Morgan fingerprint density at radius 1 is 1.23 bits per heavy atom. The third-order valence-electron chi connectivity index (χ3n) is 2.75. The van der Waals surface area contributed by atoms with Gasteiger partial charge in [-0.05, 0) is 38.0 Å². The van der Waals surface area contributed by atoms with E-state index in [2.05, 4.69) is 6.58 Å². The van der Waals surface area contributed by atoms with Crippen LogP contribution in [0.2, 0.25) is 10.0 Å². The number of allylic oxidation sites excluding steroid dienone is 1. The number of benzene rings is 1. The lowest BCUT2D eigenvalue weighted by Gasteiger charge is -2.12. The van der Waals surface area contributed by atoms with Gasteiger partial charge in [0.2, 0.25) is 0 Å². The van der Waals surface area contributed by atoms with Gasteiger partial charge in [-0.3, -0.25) is 4.79 Å². The molecular weight excluding hydrogens is 327 g/mol. The van der Waals surface area contributed by atoms with Gasteiger partial charge >= 0.3 is 5.97 Å². The number of carbonyl (C=O) groups excluding carboxylic acids is 2. The maximum absolute atomic E-state index is 12.1. The van der Waals surface area contributed by atoms with Crippen LogP contribution in [0, 0.1) is 0 Å². The first kappa shape index (κ1) is 18.5. The maximum Gasteiger partial charge on any atom is 0.344 e. The molecule has 0 bridgehead atoms. The van der Waals surface area contributed by atoms with Gasteiger partial charge in [0.15, 0.2) is 12.4 Å². The molecule has 0 unspecified atom stereocenters. The zero-order valence-electron chi connectivity index (χ0n) is 12.7. The summed E-state index contributed by atoms with van der Waals surface area (Å²) in [5.74, 6) is -0.562.